The van der Waals surface area contributed by atoms with Crippen molar-refractivity contribution in [3.63, 3.8) is 0 Å². The Morgan fingerprint density at radius 1 is 1.42 bits per heavy atom. The third-order valence-electron chi connectivity index (χ3n) is 4.23. The number of aliphatic hydroxyl groups excluding tert-OH is 1. The van der Waals surface area contributed by atoms with E-state index in [1.807, 2.05) is 17.5 Å². The van der Waals surface area contributed by atoms with E-state index in [0.717, 1.165) is 17.7 Å². The van der Waals surface area contributed by atoms with Crippen LogP contribution in [0, 0.1) is 0 Å². The zero-order valence-corrected chi connectivity index (χ0v) is 13.8. The van der Waals surface area contributed by atoms with Gasteiger partial charge in [-0.05, 0) is 42.8 Å². The van der Waals surface area contributed by atoms with E-state index >= 15 is 0 Å². The molecule has 7 heteroatoms. The summed E-state index contributed by atoms with van der Waals surface area (Å²) in [4.78, 5) is 30.3. The first-order valence-electron chi connectivity index (χ1n) is 7.78. The fourth-order valence-electron chi connectivity index (χ4n) is 3.03. The van der Waals surface area contributed by atoms with Crippen molar-refractivity contribution in [3.8, 4) is 0 Å². The number of hydrogen-bond donors (Lipinski definition) is 2. The van der Waals surface area contributed by atoms with Crippen molar-refractivity contribution in [3.05, 3.63) is 52.0 Å². The smallest absolute Gasteiger partial charge is 0.335 e. The molecule has 24 heavy (non-hydrogen) atoms. The van der Waals surface area contributed by atoms with Gasteiger partial charge in [-0.25, -0.2) is 4.79 Å². The Morgan fingerprint density at radius 2 is 2.25 bits per heavy atom. The molecule has 6 nitrogen and oxygen atoms in total. The topological polar surface area (TPSA) is 90.7 Å². The summed E-state index contributed by atoms with van der Waals surface area (Å²) in [5.74, 6) is -1.36. The minimum atomic E-state index is -1.09. The van der Waals surface area contributed by atoms with Crippen LogP contribution in [0.4, 0.5) is 0 Å². The fraction of sp³-hybridized carbons (Fsp3) is 0.353. The molecule has 1 fully saturated rings. The Bertz CT molecular complexity index is 732. The monoisotopic (exact) mass is 346 g/mol. The van der Waals surface area contributed by atoms with Crippen LogP contribution in [0.5, 0.6) is 0 Å². The molecule has 1 aliphatic rings. The molecule has 3 heterocycles. The summed E-state index contributed by atoms with van der Waals surface area (Å²) in [6, 6.07) is 6.37. The maximum absolute atomic E-state index is 12.7. The van der Waals surface area contributed by atoms with Crippen LogP contribution >= 0.6 is 11.3 Å². The number of thiophene rings is 1. The Kier molecular flexibility index (Phi) is 4.92. The average molecular weight is 346 g/mol. The molecule has 1 saturated heterocycles. The highest BCUT2D eigenvalue weighted by atomic mass is 32.1. The summed E-state index contributed by atoms with van der Waals surface area (Å²) < 4.78 is 0. The van der Waals surface area contributed by atoms with Gasteiger partial charge in [0.25, 0.3) is 5.91 Å². The molecule has 0 aliphatic carbocycles. The predicted octanol–water partition coefficient (Wildman–Crippen LogP) is 2.57. The van der Waals surface area contributed by atoms with E-state index in [0.29, 0.717) is 13.0 Å². The number of aromatic carboxylic acids is 1. The van der Waals surface area contributed by atoms with E-state index in [2.05, 4.69) is 4.98 Å². The van der Waals surface area contributed by atoms with Crippen molar-refractivity contribution in [2.45, 2.75) is 31.4 Å². The Labute approximate surface area is 143 Å². The SMILES string of the molecule is O=C(O)c1ccnc(C(=O)N2CCCC2CC(O)c2cccs2)c1. The zero-order valence-electron chi connectivity index (χ0n) is 13.0. The van der Waals surface area contributed by atoms with Crippen molar-refractivity contribution < 1.29 is 19.8 Å². The maximum Gasteiger partial charge on any atom is 0.335 e. The lowest BCUT2D eigenvalue weighted by Crippen LogP contribution is -2.37. The van der Waals surface area contributed by atoms with Crippen LogP contribution in [0.25, 0.3) is 0 Å². The molecule has 3 rings (SSSR count). The molecule has 126 valence electrons. The molecule has 0 saturated carbocycles. The average Bonchev–Trinajstić information content (AvgIpc) is 3.26. The highest BCUT2D eigenvalue weighted by Gasteiger charge is 2.32. The van der Waals surface area contributed by atoms with Gasteiger partial charge in [-0.1, -0.05) is 6.07 Å². The van der Waals surface area contributed by atoms with E-state index in [-0.39, 0.29) is 23.2 Å². The molecule has 2 unspecified atom stereocenters. The number of carbonyl (C=O) groups excluding carboxylic acids is 1. The van der Waals surface area contributed by atoms with E-state index in [1.54, 1.807) is 4.90 Å². The fourth-order valence-corrected chi connectivity index (χ4v) is 3.76. The number of carbonyl (C=O) groups is 2. The molecule has 1 amide bonds. The van der Waals surface area contributed by atoms with Gasteiger partial charge in [0.1, 0.15) is 5.69 Å². The first kappa shape index (κ1) is 16.6. The van der Waals surface area contributed by atoms with Gasteiger partial charge in [0, 0.05) is 23.7 Å². The molecule has 0 spiro atoms. The molecular weight excluding hydrogens is 328 g/mol. The summed E-state index contributed by atoms with van der Waals surface area (Å²) in [7, 11) is 0. The number of hydrogen-bond acceptors (Lipinski definition) is 5. The summed E-state index contributed by atoms with van der Waals surface area (Å²) >= 11 is 1.49. The molecule has 2 aromatic rings. The summed E-state index contributed by atoms with van der Waals surface area (Å²) in [5, 5.41) is 21.3. The highest BCUT2D eigenvalue weighted by Crippen LogP contribution is 2.30. The van der Waals surface area contributed by atoms with Gasteiger partial charge in [0.15, 0.2) is 0 Å². The number of carboxylic acid groups (broad SMARTS) is 1. The van der Waals surface area contributed by atoms with Crippen LogP contribution in [0.1, 0.15) is 51.1 Å². The maximum atomic E-state index is 12.7. The number of aromatic nitrogens is 1. The summed E-state index contributed by atoms with van der Waals surface area (Å²) in [6.07, 6.45) is 2.91. The van der Waals surface area contributed by atoms with Crippen LogP contribution < -0.4 is 0 Å². The van der Waals surface area contributed by atoms with Crippen LogP contribution in [-0.2, 0) is 0 Å². The third-order valence-corrected chi connectivity index (χ3v) is 5.20. The lowest BCUT2D eigenvalue weighted by atomic mass is 10.1. The Morgan fingerprint density at radius 3 is 2.96 bits per heavy atom. The molecule has 0 bridgehead atoms. The normalized spacial score (nSPS) is 18.5. The Balaban J connectivity index is 1.74. The van der Waals surface area contributed by atoms with E-state index in [1.165, 1.54) is 29.7 Å². The summed E-state index contributed by atoms with van der Waals surface area (Å²) in [6.45, 7) is 0.597. The number of amides is 1. The van der Waals surface area contributed by atoms with Crippen LogP contribution in [0.15, 0.2) is 35.8 Å². The number of rotatable bonds is 5. The second kappa shape index (κ2) is 7.11. The van der Waals surface area contributed by atoms with Gasteiger partial charge >= 0.3 is 5.97 Å². The number of likely N-dealkylation sites (tertiary alicyclic amines) is 1. The molecule has 2 N–H and O–H groups in total. The van der Waals surface area contributed by atoms with Crippen LogP contribution in [-0.4, -0.2) is 44.6 Å². The lowest BCUT2D eigenvalue weighted by molar-refractivity contribution is 0.0664. The number of aliphatic hydroxyl groups is 1. The molecule has 0 radical (unpaired) electrons. The second-order valence-electron chi connectivity index (χ2n) is 5.80. The zero-order chi connectivity index (χ0) is 17.1. The molecule has 2 atom stereocenters. The van der Waals surface area contributed by atoms with E-state index in [4.69, 9.17) is 5.11 Å². The lowest BCUT2D eigenvalue weighted by Gasteiger charge is -2.26. The first-order chi connectivity index (χ1) is 11.6. The van der Waals surface area contributed by atoms with Crippen molar-refractivity contribution >= 4 is 23.2 Å². The van der Waals surface area contributed by atoms with Crippen LogP contribution in [0.3, 0.4) is 0 Å². The predicted molar refractivity (Wildman–Crippen MR) is 89.2 cm³/mol. The van der Waals surface area contributed by atoms with Gasteiger partial charge in [-0.15, -0.1) is 11.3 Å². The number of carboxylic acids is 1. The van der Waals surface area contributed by atoms with Gasteiger partial charge < -0.3 is 15.1 Å². The standard InChI is InChI=1S/C17H18N2O4S/c20-14(15-4-2-8-24-15)10-12-3-1-7-19(12)16(21)13-9-11(17(22)23)5-6-18-13/h2,4-6,8-9,12,14,20H,1,3,7,10H2,(H,22,23). The highest BCUT2D eigenvalue weighted by molar-refractivity contribution is 7.10. The van der Waals surface area contributed by atoms with Crippen molar-refractivity contribution in [2.75, 3.05) is 6.54 Å². The van der Waals surface area contributed by atoms with Crippen molar-refractivity contribution in [1.29, 1.82) is 0 Å². The number of pyridine rings is 1. The molecule has 0 aromatic carbocycles. The van der Waals surface area contributed by atoms with Crippen molar-refractivity contribution in [2.24, 2.45) is 0 Å². The van der Waals surface area contributed by atoms with E-state index < -0.39 is 12.1 Å². The summed E-state index contributed by atoms with van der Waals surface area (Å²) in [5.41, 5.74) is 0.176. The Hall–Kier alpha value is -2.25. The second-order valence-corrected chi connectivity index (χ2v) is 6.78. The van der Waals surface area contributed by atoms with E-state index in [9.17, 15) is 14.7 Å². The van der Waals surface area contributed by atoms with Crippen LogP contribution in [0.2, 0.25) is 0 Å². The van der Waals surface area contributed by atoms with Gasteiger partial charge in [-0.3, -0.25) is 9.78 Å². The third kappa shape index (κ3) is 3.47. The van der Waals surface area contributed by atoms with Gasteiger partial charge in [-0.2, -0.15) is 0 Å². The number of nitrogens with zero attached hydrogens (tertiary/aromatic N) is 2. The molecule has 1 aliphatic heterocycles. The van der Waals surface area contributed by atoms with Gasteiger partial charge in [0.05, 0.1) is 11.7 Å². The molecular formula is C17H18N2O4S. The molecule has 2 aromatic heterocycles. The quantitative estimate of drug-likeness (QED) is 0.868. The minimum Gasteiger partial charge on any atom is -0.478 e. The van der Waals surface area contributed by atoms with Crippen molar-refractivity contribution in [1.82, 2.24) is 9.88 Å². The minimum absolute atomic E-state index is 0.0442. The largest absolute Gasteiger partial charge is 0.478 e. The first-order valence-corrected chi connectivity index (χ1v) is 8.66. The van der Waals surface area contributed by atoms with Gasteiger partial charge in [0.2, 0.25) is 0 Å².